The highest BCUT2D eigenvalue weighted by Gasteiger charge is 2.38. The van der Waals surface area contributed by atoms with E-state index >= 15 is 0 Å². The van der Waals surface area contributed by atoms with Crippen molar-refractivity contribution in [3.05, 3.63) is 89.0 Å². The molecule has 2 heterocycles. The largest absolute Gasteiger partial charge is 0.426 e. The molecule has 0 unspecified atom stereocenters. The van der Waals surface area contributed by atoms with Crippen LogP contribution in [0.1, 0.15) is 38.3 Å². The standard InChI is InChI=1S/C27H22N2O5/c1-16-7-9-19(10-8-16)28-15-18(14-24(28)30)27(33)34-20-11-12-23(17(2)13-20)29-25(31)21-5-3-4-6-22(21)26(29)32/h3-13,18H,14-15H2,1-2H3/t18-/m1/s1. The van der Waals surface area contributed by atoms with Crippen molar-refractivity contribution in [1.29, 1.82) is 0 Å². The third-order valence-electron chi connectivity index (χ3n) is 6.23. The highest BCUT2D eigenvalue weighted by Crippen LogP contribution is 2.33. The summed E-state index contributed by atoms with van der Waals surface area (Å²) < 4.78 is 5.56. The zero-order chi connectivity index (χ0) is 24.0. The van der Waals surface area contributed by atoms with Gasteiger partial charge in [-0.1, -0.05) is 29.8 Å². The third kappa shape index (κ3) is 3.65. The van der Waals surface area contributed by atoms with E-state index < -0.39 is 11.9 Å². The summed E-state index contributed by atoms with van der Waals surface area (Å²) in [6.45, 7) is 3.97. The molecule has 1 fully saturated rings. The van der Waals surface area contributed by atoms with Gasteiger partial charge in [0.15, 0.2) is 0 Å². The van der Waals surface area contributed by atoms with Gasteiger partial charge >= 0.3 is 5.97 Å². The van der Waals surface area contributed by atoms with Crippen LogP contribution in [0.25, 0.3) is 0 Å². The fourth-order valence-corrected chi connectivity index (χ4v) is 4.39. The minimum atomic E-state index is -0.579. The van der Waals surface area contributed by atoms with Gasteiger partial charge in [-0.2, -0.15) is 0 Å². The van der Waals surface area contributed by atoms with E-state index in [0.717, 1.165) is 16.2 Å². The Kier molecular flexibility index (Phi) is 5.24. The van der Waals surface area contributed by atoms with Gasteiger partial charge in [-0.25, -0.2) is 4.90 Å². The summed E-state index contributed by atoms with van der Waals surface area (Å²) in [6.07, 6.45) is 0.0822. The number of esters is 1. The first-order valence-electron chi connectivity index (χ1n) is 11.0. The van der Waals surface area contributed by atoms with Crippen molar-refractivity contribution >= 4 is 35.1 Å². The second kappa shape index (κ2) is 8.26. The van der Waals surface area contributed by atoms with Crippen LogP contribution in [0.2, 0.25) is 0 Å². The van der Waals surface area contributed by atoms with Crippen molar-refractivity contribution in [3.63, 3.8) is 0 Å². The number of carbonyl (C=O) groups is 4. The number of rotatable bonds is 4. The smallest absolute Gasteiger partial charge is 0.316 e. The quantitative estimate of drug-likeness (QED) is 0.337. The first kappa shape index (κ1) is 21.6. The molecule has 2 aliphatic heterocycles. The molecule has 3 amide bonds. The lowest BCUT2D eigenvalue weighted by atomic mass is 10.1. The van der Waals surface area contributed by atoms with Crippen molar-refractivity contribution in [2.75, 3.05) is 16.3 Å². The van der Waals surface area contributed by atoms with Crippen LogP contribution < -0.4 is 14.5 Å². The van der Waals surface area contributed by atoms with Crippen LogP contribution in [0.3, 0.4) is 0 Å². The maximum absolute atomic E-state index is 12.8. The normalized spacial score (nSPS) is 17.4. The van der Waals surface area contributed by atoms with Crippen LogP contribution in [0.15, 0.2) is 66.7 Å². The fraction of sp³-hybridized carbons (Fsp3) is 0.185. The van der Waals surface area contributed by atoms with E-state index in [2.05, 4.69) is 0 Å². The van der Waals surface area contributed by atoms with Crippen molar-refractivity contribution in [2.45, 2.75) is 20.3 Å². The topological polar surface area (TPSA) is 84.0 Å². The molecule has 1 saturated heterocycles. The van der Waals surface area contributed by atoms with Crippen molar-refractivity contribution in [1.82, 2.24) is 0 Å². The summed E-state index contributed by atoms with van der Waals surface area (Å²) in [5, 5.41) is 0. The van der Waals surface area contributed by atoms with Crippen LogP contribution >= 0.6 is 0 Å². The summed E-state index contributed by atoms with van der Waals surface area (Å²) in [4.78, 5) is 53.5. The molecule has 0 radical (unpaired) electrons. The molecular formula is C27H22N2O5. The zero-order valence-corrected chi connectivity index (χ0v) is 18.8. The Hall–Kier alpha value is -4.26. The number of aryl methyl sites for hydroxylation is 2. The predicted molar refractivity (Wildman–Crippen MR) is 126 cm³/mol. The lowest BCUT2D eigenvalue weighted by Crippen LogP contribution is -2.30. The lowest BCUT2D eigenvalue weighted by molar-refractivity contribution is -0.139. The maximum Gasteiger partial charge on any atom is 0.316 e. The van der Waals surface area contributed by atoms with Gasteiger partial charge in [0.05, 0.1) is 22.7 Å². The molecule has 3 aromatic rings. The van der Waals surface area contributed by atoms with Crippen LogP contribution in [0, 0.1) is 19.8 Å². The number of carbonyl (C=O) groups excluding carboxylic acids is 4. The number of nitrogens with zero attached hydrogens (tertiary/aromatic N) is 2. The number of benzene rings is 3. The Morgan fingerprint density at radius 2 is 1.53 bits per heavy atom. The summed E-state index contributed by atoms with van der Waals surface area (Å²) in [6, 6.07) is 19.0. The molecule has 34 heavy (non-hydrogen) atoms. The number of imide groups is 1. The monoisotopic (exact) mass is 454 g/mol. The van der Waals surface area contributed by atoms with E-state index in [9.17, 15) is 19.2 Å². The molecule has 0 saturated carbocycles. The van der Waals surface area contributed by atoms with E-state index in [4.69, 9.17) is 4.74 Å². The van der Waals surface area contributed by atoms with Crippen molar-refractivity contribution in [3.8, 4) is 5.75 Å². The van der Waals surface area contributed by atoms with Crippen molar-refractivity contribution in [2.24, 2.45) is 5.92 Å². The second-order valence-electron chi connectivity index (χ2n) is 8.60. The average molecular weight is 454 g/mol. The van der Waals surface area contributed by atoms with Gasteiger partial charge in [0.1, 0.15) is 5.75 Å². The SMILES string of the molecule is Cc1ccc(N2C[C@H](C(=O)Oc3ccc(N4C(=O)c5ccccc5C4=O)c(C)c3)CC2=O)cc1. The van der Waals surface area contributed by atoms with E-state index in [1.54, 1.807) is 54.3 Å². The highest BCUT2D eigenvalue weighted by molar-refractivity contribution is 6.34. The van der Waals surface area contributed by atoms with Crippen molar-refractivity contribution < 1.29 is 23.9 Å². The third-order valence-corrected chi connectivity index (χ3v) is 6.23. The molecule has 7 heteroatoms. The Bertz CT molecular complexity index is 1310. The summed E-state index contributed by atoms with van der Waals surface area (Å²) in [5.41, 5.74) is 3.63. The lowest BCUT2D eigenvalue weighted by Gasteiger charge is -2.18. The van der Waals surface area contributed by atoms with Gasteiger partial charge in [0, 0.05) is 18.7 Å². The minimum absolute atomic E-state index is 0.0822. The minimum Gasteiger partial charge on any atom is -0.426 e. The molecule has 0 aliphatic carbocycles. The summed E-state index contributed by atoms with van der Waals surface area (Å²) in [7, 11) is 0. The van der Waals surface area contributed by atoms with Gasteiger partial charge in [-0.15, -0.1) is 0 Å². The highest BCUT2D eigenvalue weighted by atomic mass is 16.5. The molecule has 0 bridgehead atoms. The first-order chi connectivity index (χ1) is 16.3. The molecule has 170 valence electrons. The van der Waals surface area contributed by atoms with Crippen LogP contribution in [-0.4, -0.2) is 30.2 Å². The maximum atomic E-state index is 12.8. The second-order valence-corrected chi connectivity index (χ2v) is 8.60. The number of hydrogen-bond acceptors (Lipinski definition) is 5. The van der Waals surface area contributed by atoms with Crippen LogP contribution in [0.4, 0.5) is 11.4 Å². The van der Waals surface area contributed by atoms with E-state index in [-0.39, 0.29) is 30.7 Å². The molecule has 0 spiro atoms. The number of ether oxygens (including phenoxy) is 1. The molecule has 0 aromatic heterocycles. The van der Waals surface area contributed by atoms with E-state index in [0.29, 0.717) is 28.1 Å². The predicted octanol–water partition coefficient (Wildman–Crippen LogP) is 4.06. The van der Waals surface area contributed by atoms with Gasteiger partial charge < -0.3 is 9.64 Å². The Morgan fingerprint density at radius 3 is 2.15 bits per heavy atom. The summed E-state index contributed by atoms with van der Waals surface area (Å²) in [5.74, 6) is -1.66. The number of amides is 3. The Morgan fingerprint density at radius 1 is 0.882 bits per heavy atom. The summed E-state index contributed by atoms with van der Waals surface area (Å²) >= 11 is 0. The molecule has 1 atom stereocenters. The van der Waals surface area contributed by atoms with Gasteiger partial charge in [0.25, 0.3) is 11.8 Å². The molecule has 5 rings (SSSR count). The average Bonchev–Trinajstić information content (AvgIpc) is 3.33. The molecular weight excluding hydrogens is 432 g/mol. The van der Waals surface area contributed by atoms with Gasteiger partial charge in [-0.3, -0.25) is 19.2 Å². The van der Waals surface area contributed by atoms with Gasteiger partial charge in [0.2, 0.25) is 5.91 Å². The van der Waals surface area contributed by atoms with Crippen LogP contribution in [-0.2, 0) is 9.59 Å². The van der Waals surface area contributed by atoms with E-state index in [1.165, 1.54) is 0 Å². The molecule has 3 aromatic carbocycles. The Labute approximate surface area is 196 Å². The van der Waals surface area contributed by atoms with Gasteiger partial charge in [-0.05, 0) is 61.9 Å². The zero-order valence-electron chi connectivity index (χ0n) is 18.8. The fourth-order valence-electron chi connectivity index (χ4n) is 4.39. The number of anilines is 2. The van der Waals surface area contributed by atoms with Crippen LogP contribution in [0.5, 0.6) is 5.75 Å². The Balaban J connectivity index is 1.30. The van der Waals surface area contributed by atoms with E-state index in [1.807, 2.05) is 31.2 Å². The number of hydrogen-bond donors (Lipinski definition) is 0. The molecule has 2 aliphatic rings. The number of fused-ring (bicyclic) bond motifs is 1. The molecule has 0 N–H and O–H groups in total. The molecule has 7 nitrogen and oxygen atoms in total. The first-order valence-corrected chi connectivity index (χ1v) is 11.0.